The van der Waals surface area contributed by atoms with Crippen molar-refractivity contribution in [3.63, 3.8) is 0 Å². The van der Waals surface area contributed by atoms with Crippen LogP contribution in [0.5, 0.6) is 0 Å². The van der Waals surface area contributed by atoms with Crippen LogP contribution in [0.15, 0.2) is 18.2 Å². The number of aliphatic carboxylic acids is 1. The quantitative estimate of drug-likeness (QED) is 0.876. The van der Waals surface area contributed by atoms with Crippen LogP contribution in [0.2, 0.25) is 0 Å². The van der Waals surface area contributed by atoms with Gasteiger partial charge in [0.1, 0.15) is 0 Å². The van der Waals surface area contributed by atoms with Crippen molar-refractivity contribution in [3.05, 3.63) is 34.9 Å². The maximum atomic E-state index is 10.9. The summed E-state index contributed by atoms with van der Waals surface area (Å²) in [6, 6.07) is 6.87. The standard InChI is InChI=1S/C16H23NO2/c1-11-4-3-5-14(12(11)2)10-17-15-8-6-13(7-9-15)16(18)19/h3-5,13,15,17H,6-10H2,1-2H3,(H,18,19). The second kappa shape index (κ2) is 6.20. The molecular weight excluding hydrogens is 238 g/mol. The topological polar surface area (TPSA) is 49.3 Å². The van der Waals surface area contributed by atoms with Crippen LogP contribution >= 0.6 is 0 Å². The first-order valence-electron chi connectivity index (χ1n) is 7.09. The van der Waals surface area contributed by atoms with Crippen LogP contribution in [0.1, 0.15) is 42.4 Å². The van der Waals surface area contributed by atoms with Gasteiger partial charge in [0.15, 0.2) is 0 Å². The van der Waals surface area contributed by atoms with Crippen LogP contribution in [0.3, 0.4) is 0 Å². The smallest absolute Gasteiger partial charge is 0.306 e. The molecule has 1 saturated carbocycles. The summed E-state index contributed by atoms with van der Waals surface area (Å²) in [5.41, 5.74) is 4.03. The van der Waals surface area contributed by atoms with Crippen molar-refractivity contribution in [2.45, 2.75) is 52.1 Å². The van der Waals surface area contributed by atoms with Gasteiger partial charge >= 0.3 is 5.97 Å². The fraction of sp³-hybridized carbons (Fsp3) is 0.562. The van der Waals surface area contributed by atoms with Gasteiger partial charge < -0.3 is 10.4 Å². The molecule has 0 radical (unpaired) electrons. The zero-order valence-electron chi connectivity index (χ0n) is 11.8. The lowest BCUT2D eigenvalue weighted by atomic mass is 9.86. The normalized spacial score (nSPS) is 23.3. The fourth-order valence-electron chi connectivity index (χ4n) is 2.80. The molecule has 3 heteroatoms. The molecule has 0 unspecified atom stereocenters. The van der Waals surface area contributed by atoms with Crippen molar-refractivity contribution < 1.29 is 9.90 Å². The average molecular weight is 261 g/mol. The predicted molar refractivity (Wildman–Crippen MR) is 76.1 cm³/mol. The van der Waals surface area contributed by atoms with E-state index in [9.17, 15) is 4.79 Å². The highest BCUT2D eigenvalue weighted by Gasteiger charge is 2.25. The molecule has 2 rings (SSSR count). The zero-order chi connectivity index (χ0) is 13.8. The first-order chi connectivity index (χ1) is 9.08. The molecule has 3 nitrogen and oxygen atoms in total. The number of benzene rings is 1. The summed E-state index contributed by atoms with van der Waals surface area (Å²) in [6.07, 6.45) is 3.56. The van der Waals surface area contributed by atoms with E-state index < -0.39 is 5.97 Å². The van der Waals surface area contributed by atoms with Crippen LogP contribution in [0, 0.1) is 19.8 Å². The molecule has 0 heterocycles. The third kappa shape index (κ3) is 3.57. The van der Waals surface area contributed by atoms with E-state index in [0.29, 0.717) is 6.04 Å². The lowest BCUT2D eigenvalue weighted by Gasteiger charge is -2.27. The van der Waals surface area contributed by atoms with Crippen LogP contribution in [-0.2, 0) is 11.3 Å². The fourth-order valence-corrected chi connectivity index (χ4v) is 2.80. The number of carboxylic acid groups (broad SMARTS) is 1. The Kier molecular flexibility index (Phi) is 4.59. The number of hydrogen-bond donors (Lipinski definition) is 2. The minimum absolute atomic E-state index is 0.126. The molecule has 2 N–H and O–H groups in total. The number of hydrogen-bond acceptors (Lipinski definition) is 2. The third-order valence-corrected chi connectivity index (χ3v) is 4.37. The summed E-state index contributed by atoms with van der Waals surface area (Å²) in [4.78, 5) is 10.9. The van der Waals surface area contributed by atoms with Gasteiger partial charge in [0.2, 0.25) is 0 Å². The number of carboxylic acids is 1. The van der Waals surface area contributed by atoms with Crippen LogP contribution in [-0.4, -0.2) is 17.1 Å². The van der Waals surface area contributed by atoms with Gasteiger partial charge in [-0.1, -0.05) is 18.2 Å². The predicted octanol–water partition coefficient (Wildman–Crippen LogP) is 3.04. The number of nitrogens with one attached hydrogen (secondary N) is 1. The van der Waals surface area contributed by atoms with E-state index in [-0.39, 0.29) is 5.92 Å². The van der Waals surface area contributed by atoms with Gasteiger partial charge in [-0.15, -0.1) is 0 Å². The van der Waals surface area contributed by atoms with Crippen LogP contribution < -0.4 is 5.32 Å². The van der Waals surface area contributed by atoms with E-state index in [4.69, 9.17) is 5.11 Å². The molecule has 0 atom stereocenters. The lowest BCUT2D eigenvalue weighted by Crippen LogP contribution is -2.34. The van der Waals surface area contributed by atoms with E-state index in [1.165, 1.54) is 16.7 Å². The Labute approximate surface area is 115 Å². The van der Waals surface area contributed by atoms with Gasteiger partial charge in [-0.25, -0.2) is 0 Å². The van der Waals surface area contributed by atoms with Crippen molar-refractivity contribution in [1.82, 2.24) is 5.32 Å². The molecule has 1 aromatic rings. The molecule has 0 spiro atoms. The molecule has 0 aliphatic heterocycles. The highest BCUT2D eigenvalue weighted by Crippen LogP contribution is 2.24. The van der Waals surface area contributed by atoms with Gasteiger partial charge in [0.25, 0.3) is 0 Å². The minimum Gasteiger partial charge on any atom is -0.481 e. The molecule has 0 bridgehead atoms. The molecule has 0 aromatic heterocycles. The Balaban J connectivity index is 1.84. The average Bonchev–Trinajstić information content (AvgIpc) is 2.41. The molecule has 1 aliphatic rings. The SMILES string of the molecule is Cc1cccc(CNC2CCC(C(=O)O)CC2)c1C. The maximum Gasteiger partial charge on any atom is 0.306 e. The zero-order valence-corrected chi connectivity index (χ0v) is 11.8. The number of carbonyl (C=O) groups is 1. The summed E-state index contributed by atoms with van der Waals surface area (Å²) in [5, 5.41) is 12.6. The van der Waals surface area contributed by atoms with Gasteiger partial charge in [-0.05, 0) is 56.2 Å². The van der Waals surface area contributed by atoms with Gasteiger partial charge in [0, 0.05) is 12.6 Å². The van der Waals surface area contributed by atoms with Crippen molar-refractivity contribution in [2.75, 3.05) is 0 Å². The largest absolute Gasteiger partial charge is 0.481 e. The Bertz CT molecular complexity index is 448. The second-order valence-corrected chi connectivity index (χ2v) is 5.63. The summed E-state index contributed by atoms with van der Waals surface area (Å²) < 4.78 is 0. The van der Waals surface area contributed by atoms with Crippen LogP contribution in [0.4, 0.5) is 0 Å². The summed E-state index contributed by atoms with van der Waals surface area (Å²) >= 11 is 0. The Hall–Kier alpha value is -1.35. The van der Waals surface area contributed by atoms with Crippen LogP contribution in [0.25, 0.3) is 0 Å². The van der Waals surface area contributed by atoms with Crippen molar-refractivity contribution in [3.8, 4) is 0 Å². The summed E-state index contributed by atoms with van der Waals surface area (Å²) in [6.45, 7) is 5.18. The third-order valence-electron chi connectivity index (χ3n) is 4.37. The van der Waals surface area contributed by atoms with Gasteiger partial charge in [0.05, 0.1) is 5.92 Å². The summed E-state index contributed by atoms with van der Waals surface area (Å²) in [5.74, 6) is -0.758. The molecule has 19 heavy (non-hydrogen) atoms. The maximum absolute atomic E-state index is 10.9. The second-order valence-electron chi connectivity index (χ2n) is 5.63. The van der Waals surface area contributed by atoms with Crippen molar-refractivity contribution in [2.24, 2.45) is 5.92 Å². The molecule has 0 saturated heterocycles. The van der Waals surface area contributed by atoms with Gasteiger partial charge in [-0.3, -0.25) is 4.79 Å². The van der Waals surface area contributed by atoms with E-state index in [0.717, 1.165) is 32.2 Å². The lowest BCUT2D eigenvalue weighted by molar-refractivity contribution is -0.142. The van der Waals surface area contributed by atoms with E-state index >= 15 is 0 Å². The Morgan fingerprint density at radius 2 is 1.95 bits per heavy atom. The van der Waals surface area contributed by atoms with Crippen molar-refractivity contribution >= 4 is 5.97 Å². The molecule has 104 valence electrons. The molecule has 0 amide bonds. The Morgan fingerprint density at radius 3 is 2.58 bits per heavy atom. The summed E-state index contributed by atoms with van der Waals surface area (Å²) in [7, 11) is 0. The monoisotopic (exact) mass is 261 g/mol. The molecule has 1 aromatic carbocycles. The van der Waals surface area contributed by atoms with E-state index in [1.54, 1.807) is 0 Å². The van der Waals surface area contributed by atoms with Gasteiger partial charge in [-0.2, -0.15) is 0 Å². The first-order valence-corrected chi connectivity index (χ1v) is 7.09. The minimum atomic E-state index is -0.632. The van der Waals surface area contributed by atoms with Crippen molar-refractivity contribution in [1.29, 1.82) is 0 Å². The first kappa shape index (κ1) is 14.1. The Morgan fingerprint density at radius 1 is 1.26 bits per heavy atom. The molecule has 1 aliphatic carbocycles. The highest BCUT2D eigenvalue weighted by molar-refractivity contribution is 5.70. The molecular formula is C16H23NO2. The highest BCUT2D eigenvalue weighted by atomic mass is 16.4. The number of rotatable bonds is 4. The van der Waals surface area contributed by atoms with E-state index in [2.05, 4.69) is 37.4 Å². The number of aryl methyl sites for hydroxylation is 1. The molecule has 1 fully saturated rings. The van der Waals surface area contributed by atoms with E-state index in [1.807, 2.05) is 0 Å².